The predicted molar refractivity (Wildman–Crippen MR) is 201 cm³/mol. The molecule has 0 bridgehead atoms. The summed E-state index contributed by atoms with van der Waals surface area (Å²) in [6.45, 7) is 9.29. The second kappa shape index (κ2) is 30.4. The Bertz CT molecular complexity index is 681. The lowest BCUT2D eigenvalue weighted by Gasteiger charge is -2.30. The first-order valence-corrected chi connectivity index (χ1v) is 21.3. The molecule has 0 radical (unpaired) electrons. The van der Waals surface area contributed by atoms with Crippen LogP contribution in [0.4, 0.5) is 0 Å². The van der Waals surface area contributed by atoms with Gasteiger partial charge in [0.15, 0.2) is 0 Å². The summed E-state index contributed by atoms with van der Waals surface area (Å²) in [6, 6.07) is 8.16. The summed E-state index contributed by atoms with van der Waals surface area (Å²) in [5, 5.41) is 10.7. The van der Waals surface area contributed by atoms with E-state index in [1.165, 1.54) is 178 Å². The quantitative estimate of drug-likeness (QED) is 0.0629. The monoisotopic (exact) mass is 635 g/mol. The van der Waals surface area contributed by atoms with Crippen LogP contribution in [0.5, 0.6) is 5.75 Å². The molecular formula is C40H74OS2. The van der Waals surface area contributed by atoms with Crippen molar-refractivity contribution in [1.29, 1.82) is 0 Å². The van der Waals surface area contributed by atoms with Crippen LogP contribution in [0, 0.1) is 5.92 Å². The number of hydrogen-bond donors (Lipinski definition) is 1. The lowest BCUT2D eigenvalue weighted by atomic mass is 9.84. The van der Waals surface area contributed by atoms with Gasteiger partial charge in [0, 0.05) is 0 Å². The number of hydrogen-bond acceptors (Lipinski definition) is 3. The van der Waals surface area contributed by atoms with E-state index in [2.05, 4.69) is 63.4 Å². The zero-order valence-electron chi connectivity index (χ0n) is 29.4. The van der Waals surface area contributed by atoms with E-state index in [4.69, 9.17) is 0 Å². The van der Waals surface area contributed by atoms with Crippen LogP contribution in [0.15, 0.2) is 24.3 Å². The molecule has 2 unspecified atom stereocenters. The topological polar surface area (TPSA) is 20.2 Å². The number of phenolic OH excluding ortho intramolecular Hbond substituents is 1. The molecule has 0 aromatic heterocycles. The number of rotatable bonds is 32. The molecule has 0 aliphatic rings. The van der Waals surface area contributed by atoms with Gasteiger partial charge in [0.2, 0.25) is 0 Å². The van der Waals surface area contributed by atoms with Crippen LogP contribution in [0.25, 0.3) is 0 Å². The number of phenols is 1. The van der Waals surface area contributed by atoms with E-state index in [0.717, 1.165) is 5.92 Å². The Morgan fingerprint density at radius 3 is 1.35 bits per heavy atom. The zero-order valence-corrected chi connectivity index (χ0v) is 31.0. The first-order chi connectivity index (χ1) is 21.2. The molecule has 1 aromatic carbocycles. The van der Waals surface area contributed by atoms with E-state index < -0.39 is 0 Å². The maximum absolute atomic E-state index is 10.7. The molecule has 0 aliphatic heterocycles. The summed E-state index contributed by atoms with van der Waals surface area (Å²) in [5.41, 5.74) is 1.18. The minimum Gasteiger partial charge on any atom is -0.508 e. The smallest absolute Gasteiger partial charge is 0.119 e. The van der Waals surface area contributed by atoms with E-state index in [9.17, 15) is 5.11 Å². The minimum absolute atomic E-state index is 0.473. The van der Waals surface area contributed by atoms with E-state index >= 15 is 0 Å². The Labute approximate surface area is 279 Å². The van der Waals surface area contributed by atoms with Crippen molar-refractivity contribution >= 4 is 23.5 Å². The van der Waals surface area contributed by atoms with Crippen LogP contribution < -0.4 is 0 Å². The van der Waals surface area contributed by atoms with Crippen LogP contribution in [0.3, 0.4) is 0 Å². The minimum atomic E-state index is 0.473. The highest BCUT2D eigenvalue weighted by molar-refractivity contribution is 8.17. The third-order valence-electron chi connectivity index (χ3n) is 9.21. The van der Waals surface area contributed by atoms with Gasteiger partial charge in [0.25, 0.3) is 0 Å². The maximum Gasteiger partial charge on any atom is 0.119 e. The third-order valence-corrected chi connectivity index (χ3v) is 12.5. The highest BCUT2D eigenvalue weighted by Crippen LogP contribution is 2.42. The Hall–Kier alpha value is -0.280. The van der Waals surface area contributed by atoms with Gasteiger partial charge < -0.3 is 5.11 Å². The van der Waals surface area contributed by atoms with Crippen molar-refractivity contribution in [3.8, 4) is 5.75 Å². The van der Waals surface area contributed by atoms with Gasteiger partial charge in [-0.3, -0.25) is 0 Å². The second-order valence-corrected chi connectivity index (χ2v) is 16.1. The summed E-state index contributed by atoms with van der Waals surface area (Å²) in [7, 11) is 0. The van der Waals surface area contributed by atoms with Gasteiger partial charge in [-0.1, -0.05) is 174 Å². The molecule has 0 fully saturated rings. The SMILES string of the molecule is CCCCCCCCCCCCSC(SCCCCCCCCCCCC)C(CCC)CC(CCC)c1ccccc1O. The fourth-order valence-electron chi connectivity index (χ4n) is 6.58. The van der Waals surface area contributed by atoms with Crippen LogP contribution >= 0.6 is 23.5 Å². The van der Waals surface area contributed by atoms with Gasteiger partial charge in [0.05, 0.1) is 4.58 Å². The highest BCUT2D eigenvalue weighted by Gasteiger charge is 2.26. The van der Waals surface area contributed by atoms with E-state index in [0.29, 0.717) is 16.2 Å². The molecule has 0 saturated carbocycles. The first kappa shape index (κ1) is 40.7. The lowest BCUT2D eigenvalue weighted by molar-refractivity contribution is 0.398. The standard InChI is InChI=1S/C40H74OS2/c1-5-9-11-13-15-17-19-21-23-27-33-42-40(43-34-28-24-22-20-18-16-14-12-10-6-2)37(30-8-4)35-36(29-7-3)38-31-25-26-32-39(38)41/h25-26,31-32,36-37,40-41H,5-24,27-30,33-35H2,1-4H3. The first-order valence-electron chi connectivity index (χ1n) is 19.2. The largest absolute Gasteiger partial charge is 0.508 e. The molecule has 1 nitrogen and oxygen atoms in total. The van der Waals surface area contributed by atoms with Crippen LogP contribution in [0.2, 0.25) is 0 Å². The summed E-state index contributed by atoms with van der Waals surface area (Å²) >= 11 is 4.58. The second-order valence-electron chi connectivity index (χ2n) is 13.3. The van der Waals surface area contributed by atoms with Gasteiger partial charge in [-0.25, -0.2) is 0 Å². The van der Waals surface area contributed by atoms with Crippen LogP contribution in [-0.4, -0.2) is 21.2 Å². The van der Waals surface area contributed by atoms with Gasteiger partial charge in [-0.05, 0) is 67.1 Å². The van der Waals surface area contributed by atoms with Crippen LogP contribution in [-0.2, 0) is 0 Å². The molecular weight excluding hydrogens is 561 g/mol. The fraction of sp³-hybridized carbons (Fsp3) is 0.850. The zero-order chi connectivity index (χ0) is 31.2. The molecule has 2 atom stereocenters. The van der Waals surface area contributed by atoms with Crippen molar-refractivity contribution < 1.29 is 5.11 Å². The van der Waals surface area contributed by atoms with Crippen molar-refractivity contribution in [1.82, 2.24) is 0 Å². The normalized spacial score (nSPS) is 13.1. The number of benzene rings is 1. The van der Waals surface area contributed by atoms with E-state index in [-0.39, 0.29) is 0 Å². The fourth-order valence-corrected chi connectivity index (χ4v) is 9.79. The number of thioether (sulfide) groups is 2. The molecule has 0 heterocycles. The van der Waals surface area contributed by atoms with Crippen molar-refractivity contribution in [3.05, 3.63) is 29.8 Å². The van der Waals surface area contributed by atoms with E-state index in [1.54, 1.807) is 0 Å². The molecule has 1 rings (SSSR count). The molecule has 1 aromatic rings. The Balaban J connectivity index is 2.59. The predicted octanol–water partition coefficient (Wildman–Crippen LogP) is 14.7. The molecule has 0 aliphatic carbocycles. The number of para-hydroxylation sites is 1. The Morgan fingerprint density at radius 2 is 0.930 bits per heavy atom. The van der Waals surface area contributed by atoms with Gasteiger partial charge in [-0.2, -0.15) is 0 Å². The average molecular weight is 635 g/mol. The molecule has 252 valence electrons. The average Bonchev–Trinajstić information content (AvgIpc) is 3.01. The lowest BCUT2D eigenvalue weighted by Crippen LogP contribution is -2.19. The summed E-state index contributed by atoms with van der Waals surface area (Å²) in [6.07, 6.45) is 34.5. The molecule has 0 saturated heterocycles. The Kier molecular flexibility index (Phi) is 28.8. The molecule has 1 N–H and O–H groups in total. The summed E-state index contributed by atoms with van der Waals surface area (Å²) in [5.74, 6) is 4.34. The third kappa shape index (κ3) is 22.0. The van der Waals surface area contributed by atoms with Crippen molar-refractivity contribution in [2.45, 2.75) is 199 Å². The highest BCUT2D eigenvalue weighted by atomic mass is 32.2. The molecule has 3 heteroatoms. The molecule has 0 spiro atoms. The van der Waals surface area contributed by atoms with Crippen molar-refractivity contribution in [2.75, 3.05) is 11.5 Å². The van der Waals surface area contributed by atoms with Crippen molar-refractivity contribution in [2.24, 2.45) is 5.92 Å². The number of unbranched alkanes of at least 4 members (excludes halogenated alkanes) is 18. The molecule has 43 heavy (non-hydrogen) atoms. The van der Waals surface area contributed by atoms with E-state index in [1.807, 2.05) is 12.1 Å². The van der Waals surface area contributed by atoms with Gasteiger partial charge >= 0.3 is 0 Å². The van der Waals surface area contributed by atoms with Gasteiger partial charge in [0.1, 0.15) is 5.75 Å². The number of aromatic hydroxyl groups is 1. The van der Waals surface area contributed by atoms with Crippen LogP contribution in [0.1, 0.15) is 200 Å². The Morgan fingerprint density at radius 1 is 0.512 bits per heavy atom. The summed E-state index contributed by atoms with van der Waals surface area (Å²) in [4.78, 5) is 0. The molecule has 0 amide bonds. The maximum atomic E-state index is 10.7. The summed E-state index contributed by atoms with van der Waals surface area (Å²) < 4.78 is 0.697. The van der Waals surface area contributed by atoms with Crippen molar-refractivity contribution in [3.63, 3.8) is 0 Å². The van der Waals surface area contributed by atoms with Gasteiger partial charge in [-0.15, -0.1) is 23.5 Å².